The molecule has 0 bridgehead atoms. The summed E-state index contributed by atoms with van der Waals surface area (Å²) in [5, 5.41) is 6.01. The van der Waals surface area contributed by atoms with E-state index in [0.29, 0.717) is 25.8 Å². The van der Waals surface area contributed by atoms with Gasteiger partial charge in [-0.1, -0.05) is 76.7 Å². The first-order chi connectivity index (χ1) is 15.9. The average Bonchev–Trinajstić information content (AvgIpc) is 2.78. The number of rotatable bonds is 4. The van der Waals surface area contributed by atoms with Crippen molar-refractivity contribution in [1.29, 1.82) is 0 Å². The van der Waals surface area contributed by atoms with Crippen molar-refractivity contribution in [2.75, 3.05) is 5.32 Å². The molecule has 1 unspecified atom stereocenters. The van der Waals surface area contributed by atoms with Crippen LogP contribution in [-0.4, -0.2) is 10.9 Å². The fourth-order valence-electron chi connectivity index (χ4n) is 4.61. The van der Waals surface area contributed by atoms with Crippen LogP contribution in [0.25, 0.3) is 10.9 Å². The summed E-state index contributed by atoms with van der Waals surface area (Å²) >= 11 is 24.8. The molecule has 3 aromatic carbocycles. The predicted octanol–water partition coefficient (Wildman–Crippen LogP) is 8.37. The first-order valence-corrected chi connectivity index (χ1v) is 12.0. The number of carbonyl (C=O) groups excluding carboxylic acids is 1. The first-order valence-electron chi connectivity index (χ1n) is 10.5. The lowest BCUT2D eigenvalue weighted by Gasteiger charge is -2.44. The summed E-state index contributed by atoms with van der Waals surface area (Å²) in [6, 6.07) is 20.7. The highest BCUT2D eigenvalue weighted by molar-refractivity contribution is 6.42. The Morgan fingerprint density at radius 1 is 0.788 bits per heavy atom. The van der Waals surface area contributed by atoms with Gasteiger partial charge in [0.25, 0.3) is 0 Å². The van der Waals surface area contributed by atoms with Gasteiger partial charge in [0.1, 0.15) is 0 Å². The van der Waals surface area contributed by atoms with E-state index < -0.39 is 0 Å². The van der Waals surface area contributed by atoms with E-state index in [1.807, 2.05) is 54.6 Å². The van der Waals surface area contributed by atoms with E-state index in [2.05, 4.69) is 10.3 Å². The number of carbonyl (C=O) groups is 1. The van der Waals surface area contributed by atoms with Gasteiger partial charge in [0.05, 0.1) is 37.2 Å². The van der Waals surface area contributed by atoms with Crippen molar-refractivity contribution >= 4 is 68.9 Å². The van der Waals surface area contributed by atoms with Crippen LogP contribution in [0.15, 0.2) is 72.9 Å². The maximum absolute atomic E-state index is 13.7. The highest BCUT2D eigenvalue weighted by Crippen LogP contribution is 2.54. The lowest BCUT2D eigenvalue weighted by molar-refractivity contribution is -0.124. The van der Waals surface area contributed by atoms with Crippen LogP contribution in [0.3, 0.4) is 0 Å². The van der Waals surface area contributed by atoms with Gasteiger partial charge in [-0.15, -0.1) is 0 Å². The first kappa shape index (κ1) is 22.5. The normalized spacial score (nSPS) is 19.8. The van der Waals surface area contributed by atoms with Crippen LogP contribution in [-0.2, 0) is 4.79 Å². The molecule has 1 heterocycles. The third kappa shape index (κ3) is 4.31. The van der Waals surface area contributed by atoms with Crippen molar-refractivity contribution in [2.45, 2.75) is 18.3 Å². The number of amides is 1. The Morgan fingerprint density at radius 3 is 2.00 bits per heavy atom. The minimum Gasteiger partial charge on any atom is -0.324 e. The molecule has 4 aromatic rings. The molecular weight excluding hydrogens is 498 g/mol. The predicted molar refractivity (Wildman–Crippen MR) is 137 cm³/mol. The van der Waals surface area contributed by atoms with Gasteiger partial charge in [0.2, 0.25) is 5.91 Å². The van der Waals surface area contributed by atoms with E-state index in [1.165, 1.54) is 0 Å². The Balaban J connectivity index is 1.50. The molecule has 5 rings (SSSR count). The Hall–Kier alpha value is -2.30. The maximum atomic E-state index is 13.7. The largest absolute Gasteiger partial charge is 0.324 e. The smallest absolute Gasteiger partial charge is 0.228 e. The number of nitrogens with zero attached hydrogens (tertiary/aromatic N) is 1. The molecule has 0 spiro atoms. The van der Waals surface area contributed by atoms with Crippen LogP contribution < -0.4 is 5.32 Å². The maximum Gasteiger partial charge on any atom is 0.228 e. The number of pyridine rings is 1. The molecule has 0 saturated heterocycles. The van der Waals surface area contributed by atoms with Gasteiger partial charge >= 0.3 is 0 Å². The standard InChI is InChI=1S/C26H18Cl4N2O/c27-19-8-6-15(11-21(19)29)17-13-18(16-7-9-20(28)22(30)12-16)24(17)26(33)32-23-5-1-3-14-4-2-10-31-25(14)23/h1-12,17-18,24H,13H2,(H,32,33)/t17-,18+,24?. The molecule has 166 valence electrons. The molecule has 1 N–H and O–H groups in total. The summed E-state index contributed by atoms with van der Waals surface area (Å²) in [5.41, 5.74) is 3.41. The molecule has 33 heavy (non-hydrogen) atoms. The molecule has 7 heteroatoms. The Morgan fingerprint density at radius 2 is 1.39 bits per heavy atom. The van der Waals surface area contributed by atoms with Crippen molar-refractivity contribution in [2.24, 2.45) is 5.92 Å². The van der Waals surface area contributed by atoms with Crippen LogP contribution in [0.4, 0.5) is 5.69 Å². The summed E-state index contributed by atoms with van der Waals surface area (Å²) in [6.07, 6.45) is 2.50. The number of nitrogens with one attached hydrogen (secondary N) is 1. The lowest BCUT2D eigenvalue weighted by Crippen LogP contribution is -2.42. The molecule has 1 fully saturated rings. The molecule has 1 aliphatic carbocycles. The van der Waals surface area contributed by atoms with Crippen LogP contribution in [0.2, 0.25) is 20.1 Å². The van der Waals surface area contributed by atoms with Gasteiger partial charge in [0, 0.05) is 11.6 Å². The number of benzene rings is 3. The quantitative estimate of drug-likeness (QED) is 0.296. The van der Waals surface area contributed by atoms with Crippen molar-refractivity contribution in [3.63, 3.8) is 0 Å². The van der Waals surface area contributed by atoms with E-state index >= 15 is 0 Å². The van der Waals surface area contributed by atoms with Crippen LogP contribution >= 0.6 is 46.4 Å². The zero-order valence-electron chi connectivity index (χ0n) is 17.2. The van der Waals surface area contributed by atoms with Crippen molar-refractivity contribution in [3.8, 4) is 0 Å². The molecule has 0 aliphatic heterocycles. The fraction of sp³-hybridized carbons (Fsp3) is 0.154. The number of anilines is 1. The topological polar surface area (TPSA) is 42.0 Å². The lowest BCUT2D eigenvalue weighted by atomic mass is 9.59. The fourth-order valence-corrected chi connectivity index (χ4v) is 5.22. The van der Waals surface area contributed by atoms with Gasteiger partial charge in [0.15, 0.2) is 0 Å². The number of halogens is 4. The molecule has 1 aliphatic rings. The van der Waals surface area contributed by atoms with Crippen molar-refractivity contribution in [1.82, 2.24) is 4.98 Å². The number of hydrogen-bond acceptors (Lipinski definition) is 2. The Bertz CT molecular complexity index is 1310. The molecule has 3 nitrogen and oxygen atoms in total. The average molecular weight is 516 g/mol. The summed E-state index contributed by atoms with van der Waals surface area (Å²) in [4.78, 5) is 18.1. The van der Waals surface area contributed by atoms with Crippen molar-refractivity contribution < 1.29 is 4.79 Å². The van der Waals surface area contributed by atoms with Crippen LogP contribution in [0, 0.1) is 5.92 Å². The van der Waals surface area contributed by atoms with Gasteiger partial charge in [-0.2, -0.15) is 0 Å². The minimum absolute atomic E-state index is 0.0119. The van der Waals surface area contributed by atoms with Crippen LogP contribution in [0.5, 0.6) is 0 Å². The molecule has 1 saturated carbocycles. The zero-order chi connectivity index (χ0) is 23.1. The van der Waals surface area contributed by atoms with Gasteiger partial charge in [-0.25, -0.2) is 0 Å². The number of para-hydroxylation sites is 1. The molecule has 1 aromatic heterocycles. The third-order valence-electron chi connectivity index (χ3n) is 6.31. The Kier molecular flexibility index (Phi) is 6.24. The summed E-state index contributed by atoms with van der Waals surface area (Å²) in [5.74, 6) is -0.422. The molecule has 1 amide bonds. The van der Waals surface area contributed by atoms with E-state index in [-0.39, 0.29) is 23.7 Å². The van der Waals surface area contributed by atoms with E-state index in [1.54, 1.807) is 18.3 Å². The number of aromatic nitrogens is 1. The SMILES string of the molecule is O=C(Nc1cccc2cccnc12)C1[C@@H](c2ccc(Cl)c(Cl)c2)C[C@H]1c1ccc(Cl)c(Cl)c1. The second kappa shape index (κ2) is 9.15. The summed E-state index contributed by atoms with van der Waals surface area (Å²) in [6.45, 7) is 0. The summed E-state index contributed by atoms with van der Waals surface area (Å²) < 4.78 is 0. The van der Waals surface area contributed by atoms with Gasteiger partial charge in [-0.3, -0.25) is 9.78 Å². The molecule has 3 atom stereocenters. The van der Waals surface area contributed by atoms with E-state index in [4.69, 9.17) is 46.4 Å². The van der Waals surface area contributed by atoms with E-state index in [0.717, 1.165) is 28.5 Å². The van der Waals surface area contributed by atoms with Gasteiger partial charge < -0.3 is 5.32 Å². The van der Waals surface area contributed by atoms with E-state index in [9.17, 15) is 4.79 Å². The number of hydrogen-bond donors (Lipinski definition) is 1. The highest BCUT2D eigenvalue weighted by Gasteiger charge is 2.47. The van der Waals surface area contributed by atoms with Gasteiger partial charge in [-0.05, 0) is 65.8 Å². The van der Waals surface area contributed by atoms with Crippen molar-refractivity contribution in [3.05, 3.63) is 104 Å². The molecular formula is C26H18Cl4N2O. The second-order valence-corrected chi connectivity index (χ2v) is 9.82. The number of fused-ring (bicyclic) bond motifs is 1. The zero-order valence-corrected chi connectivity index (χ0v) is 20.3. The van der Waals surface area contributed by atoms with Crippen LogP contribution in [0.1, 0.15) is 29.4 Å². The summed E-state index contributed by atoms with van der Waals surface area (Å²) in [7, 11) is 0. The third-order valence-corrected chi connectivity index (χ3v) is 7.79. The highest BCUT2D eigenvalue weighted by atomic mass is 35.5. The monoisotopic (exact) mass is 514 g/mol. The minimum atomic E-state index is -0.321. The second-order valence-electron chi connectivity index (χ2n) is 8.19. The molecule has 0 radical (unpaired) electrons. The Labute approximate surface area is 211 Å².